The molecule has 0 saturated carbocycles. The highest BCUT2D eigenvalue weighted by Crippen LogP contribution is 2.32. The molecule has 0 aliphatic heterocycles. The standard InChI is InChI=1S/C15H14BrFO/c1-9-6-7-13(17)12(8-9)15(18)11-5-3-4-10(2)14(11)16/h3-8,15,18H,1-2H3. The number of rotatable bonds is 2. The summed E-state index contributed by atoms with van der Waals surface area (Å²) in [5, 5.41) is 10.3. The van der Waals surface area contributed by atoms with Gasteiger partial charge in [-0.25, -0.2) is 4.39 Å². The van der Waals surface area contributed by atoms with E-state index < -0.39 is 6.10 Å². The lowest BCUT2D eigenvalue weighted by Gasteiger charge is -2.16. The second kappa shape index (κ2) is 5.21. The third-order valence-electron chi connectivity index (χ3n) is 2.96. The molecule has 94 valence electrons. The van der Waals surface area contributed by atoms with Gasteiger partial charge in [0, 0.05) is 10.0 Å². The zero-order chi connectivity index (χ0) is 13.3. The van der Waals surface area contributed by atoms with Crippen molar-refractivity contribution in [2.24, 2.45) is 0 Å². The van der Waals surface area contributed by atoms with Gasteiger partial charge in [0.05, 0.1) is 0 Å². The van der Waals surface area contributed by atoms with Crippen molar-refractivity contribution in [3.8, 4) is 0 Å². The Morgan fingerprint density at radius 2 is 1.83 bits per heavy atom. The molecule has 1 nitrogen and oxygen atoms in total. The van der Waals surface area contributed by atoms with Crippen LogP contribution in [-0.4, -0.2) is 5.11 Å². The number of aliphatic hydroxyl groups excluding tert-OH is 1. The lowest BCUT2D eigenvalue weighted by atomic mass is 9.98. The largest absolute Gasteiger partial charge is 0.384 e. The van der Waals surface area contributed by atoms with E-state index in [1.165, 1.54) is 6.07 Å². The normalized spacial score (nSPS) is 12.5. The molecule has 0 radical (unpaired) electrons. The molecule has 3 heteroatoms. The molecule has 2 rings (SSSR count). The van der Waals surface area contributed by atoms with Gasteiger partial charge in [0.2, 0.25) is 0 Å². The summed E-state index contributed by atoms with van der Waals surface area (Å²) in [4.78, 5) is 0. The Balaban J connectivity index is 2.51. The maximum atomic E-state index is 13.8. The molecule has 1 atom stereocenters. The van der Waals surface area contributed by atoms with Crippen molar-refractivity contribution < 1.29 is 9.50 Å². The monoisotopic (exact) mass is 308 g/mol. The first-order valence-electron chi connectivity index (χ1n) is 5.70. The van der Waals surface area contributed by atoms with E-state index in [0.29, 0.717) is 11.1 Å². The van der Waals surface area contributed by atoms with Crippen LogP contribution in [0.15, 0.2) is 40.9 Å². The SMILES string of the molecule is Cc1ccc(F)c(C(O)c2cccc(C)c2Br)c1. The number of hydrogen-bond acceptors (Lipinski definition) is 1. The van der Waals surface area contributed by atoms with E-state index in [-0.39, 0.29) is 5.82 Å². The van der Waals surface area contributed by atoms with Gasteiger partial charge in [0.15, 0.2) is 0 Å². The van der Waals surface area contributed by atoms with Crippen LogP contribution in [0.5, 0.6) is 0 Å². The van der Waals surface area contributed by atoms with Crippen LogP contribution < -0.4 is 0 Å². The van der Waals surface area contributed by atoms with Gasteiger partial charge in [-0.2, -0.15) is 0 Å². The minimum absolute atomic E-state index is 0.307. The summed E-state index contributed by atoms with van der Waals surface area (Å²) in [5.41, 5.74) is 2.93. The molecule has 2 aromatic rings. The van der Waals surface area contributed by atoms with Crippen molar-refractivity contribution >= 4 is 15.9 Å². The van der Waals surface area contributed by atoms with Crippen LogP contribution in [0.25, 0.3) is 0 Å². The summed E-state index contributed by atoms with van der Waals surface area (Å²) in [6.45, 7) is 3.81. The summed E-state index contributed by atoms with van der Waals surface area (Å²) in [7, 11) is 0. The van der Waals surface area contributed by atoms with E-state index in [0.717, 1.165) is 15.6 Å². The molecule has 0 bridgehead atoms. The van der Waals surface area contributed by atoms with Gasteiger partial charge in [0.25, 0.3) is 0 Å². The third kappa shape index (κ3) is 2.47. The summed E-state index contributed by atoms with van der Waals surface area (Å²) >= 11 is 3.44. The zero-order valence-electron chi connectivity index (χ0n) is 10.2. The Bertz CT molecular complexity index is 579. The minimum Gasteiger partial charge on any atom is -0.384 e. The molecular weight excluding hydrogens is 295 g/mol. The summed E-state index contributed by atoms with van der Waals surface area (Å²) in [5.74, 6) is -0.387. The fourth-order valence-corrected chi connectivity index (χ4v) is 2.40. The lowest BCUT2D eigenvalue weighted by molar-refractivity contribution is 0.214. The summed E-state index contributed by atoms with van der Waals surface area (Å²) in [6.07, 6.45) is -0.959. The van der Waals surface area contributed by atoms with Crippen molar-refractivity contribution in [3.05, 3.63) is 68.9 Å². The fraction of sp³-hybridized carbons (Fsp3) is 0.200. The van der Waals surface area contributed by atoms with E-state index in [4.69, 9.17) is 0 Å². The van der Waals surface area contributed by atoms with Crippen molar-refractivity contribution in [2.75, 3.05) is 0 Å². The highest BCUT2D eigenvalue weighted by molar-refractivity contribution is 9.10. The molecule has 1 N–H and O–H groups in total. The smallest absolute Gasteiger partial charge is 0.129 e. The average molecular weight is 309 g/mol. The first kappa shape index (κ1) is 13.2. The van der Waals surface area contributed by atoms with Gasteiger partial charge in [-0.1, -0.05) is 51.8 Å². The van der Waals surface area contributed by atoms with Gasteiger partial charge in [-0.15, -0.1) is 0 Å². The Morgan fingerprint density at radius 1 is 1.11 bits per heavy atom. The molecule has 18 heavy (non-hydrogen) atoms. The van der Waals surface area contributed by atoms with Crippen LogP contribution in [0.3, 0.4) is 0 Å². The fourth-order valence-electron chi connectivity index (χ4n) is 1.92. The molecule has 0 aromatic heterocycles. The van der Waals surface area contributed by atoms with Crippen LogP contribution in [0, 0.1) is 19.7 Å². The maximum Gasteiger partial charge on any atom is 0.129 e. The second-order valence-corrected chi connectivity index (χ2v) is 5.20. The molecule has 0 spiro atoms. The maximum absolute atomic E-state index is 13.8. The Labute approximate surface area is 114 Å². The Morgan fingerprint density at radius 3 is 2.56 bits per heavy atom. The minimum atomic E-state index is -0.959. The van der Waals surface area contributed by atoms with Crippen molar-refractivity contribution in [1.82, 2.24) is 0 Å². The molecule has 0 aliphatic rings. The van der Waals surface area contributed by atoms with Gasteiger partial charge < -0.3 is 5.11 Å². The topological polar surface area (TPSA) is 20.2 Å². The molecule has 0 aliphatic carbocycles. The second-order valence-electron chi connectivity index (χ2n) is 4.41. The van der Waals surface area contributed by atoms with Crippen molar-refractivity contribution in [3.63, 3.8) is 0 Å². The van der Waals surface area contributed by atoms with E-state index in [9.17, 15) is 9.50 Å². The number of aryl methyl sites for hydroxylation is 2. The van der Waals surface area contributed by atoms with Gasteiger partial charge >= 0.3 is 0 Å². The quantitative estimate of drug-likeness (QED) is 0.877. The van der Waals surface area contributed by atoms with E-state index in [1.54, 1.807) is 18.2 Å². The first-order chi connectivity index (χ1) is 8.50. The predicted octanol–water partition coefficient (Wildman–Crippen LogP) is 4.29. The number of hydrogen-bond donors (Lipinski definition) is 1. The molecular formula is C15H14BrFO. The summed E-state index contributed by atoms with van der Waals surface area (Å²) in [6, 6.07) is 10.3. The van der Waals surface area contributed by atoms with E-state index in [2.05, 4.69) is 15.9 Å². The van der Waals surface area contributed by atoms with Crippen molar-refractivity contribution in [2.45, 2.75) is 20.0 Å². The van der Waals surface area contributed by atoms with Gasteiger partial charge in [0.1, 0.15) is 11.9 Å². The van der Waals surface area contributed by atoms with E-state index in [1.807, 2.05) is 26.0 Å². The van der Waals surface area contributed by atoms with Crippen LogP contribution in [0.1, 0.15) is 28.4 Å². The van der Waals surface area contributed by atoms with Crippen LogP contribution in [0.4, 0.5) is 4.39 Å². The van der Waals surface area contributed by atoms with Crippen molar-refractivity contribution in [1.29, 1.82) is 0 Å². The first-order valence-corrected chi connectivity index (χ1v) is 6.49. The summed E-state index contributed by atoms with van der Waals surface area (Å²) < 4.78 is 14.6. The molecule has 0 heterocycles. The van der Waals surface area contributed by atoms with Crippen LogP contribution >= 0.6 is 15.9 Å². The molecule has 1 unspecified atom stereocenters. The zero-order valence-corrected chi connectivity index (χ0v) is 11.8. The molecule has 0 saturated heterocycles. The lowest BCUT2D eigenvalue weighted by Crippen LogP contribution is -2.04. The highest BCUT2D eigenvalue weighted by atomic mass is 79.9. The van der Waals surface area contributed by atoms with Gasteiger partial charge in [-0.05, 0) is 31.0 Å². The molecule has 0 fully saturated rings. The highest BCUT2D eigenvalue weighted by Gasteiger charge is 2.18. The van der Waals surface area contributed by atoms with E-state index >= 15 is 0 Å². The van der Waals surface area contributed by atoms with Gasteiger partial charge in [-0.3, -0.25) is 0 Å². The molecule has 0 amide bonds. The van der Waals surface area contributed by atoms with Crippen LogP contribution in [0.2, 0.25) is 0 Å². The number of benzene rings is 2. The number of aliphatic hydroxyl groups is 1. The predicted molar refractivity (Wildman–Crippen MR) is 74.1 cm³/mol. The third-order valence-corrected chi connectivity index (χ3v) is 4.05. The van der Waals surface area contributed by atoms with Crippen LogP contribution in [-0.2, 0) is 0 Å². The Hall–Kier alpha value is -1.19. The average Bonchev–Trinajstić information content (AvgIpc) is 2.35. The molecule has 2 aromatic carbocycles. The Kier molecular flexibility index (Phi) is 3.83. The number of halogens is 2.